The second-order valence-corrected chi connectivity index (χ2v) is 7.29. The summed E-state index contributed by atoms with van der Waals surface area (Å²) in [5.41, 5.74) is 6.79. The Kier molecular flexibility index (Phi) is 5.58. The third-order valence-corrected chi connectivity index (χ3v) is 5.26. The first-order chi connectivity index (χ1) is 12.4. The number of aromatic carboxylic acids is 2. The number of H-pyrrole nitrogens is 1. The lowest BCUT2D eigenvalue weighted by Gasteiger charge is -2.23. The second kappa shape index (κ2) is 7.25. The van der Waals surface area contributed by atoms with Gasteiger partial charge in [0.05, 0.1) is 0 Å². The lowest BCUT2D eigenvalue weighted by atomic mass is 9.83. The molecule has 2 rings (SSSR count). The molecular weight excluding hydrogens is 395 g/mol. The zero-order chi connectivity index (χ0) is 20.8. The fourth-order valence-electron chi connectivity index (χ4n) is 3.34. The van der Waals surface area contributed by atoms with Crippen molar-refractivity contribution in [3.63, 3.8) is 0 Å². The quantitative estimate of drug-likeness (QED) is 0.565. The summed E-state index contributed by atoms with van der Waals surface area (Å²) in [6.45, 7) is 6.86. The van der Waals surface area contributed by atoms with Gasteiger partial charge >= 0.3 is 11.9 Å². The SMILES string of the molecule is Cc1c(C)c(C(Cl)Cl)c(C)c(C)c1-c1c(C(=O)O)c(N)[nH]c(=O)c1C(=O)O. The standard InChI is InChI=1S/C18H18Cl2N2O5/c1-5-7(3)10(14(19)20)8(4)6(2)9(5)11-12(17(24)25)15(21)22-16(23)13(11)18(26)27/h14H,1-4H3,(H,24,25)(H,26,27)(H3,21,22,23). The van der Waals surface area contributed by atoms with Crippen LogP contribution in [0.4, 0.5) is 5.82 Å². The van der Waals surface area contributed by atoms with E-state index in [-0.39, 0.29) is 5.56 Å². The van der Waals surface area contributed by atoms with Crippen LogP contribution in [-0.4, -0.2) is 27.1 Å². The molecule has 0 amide bonds. The van der Waals surface area contributed by atoms with Crippen LogP contribution in [0.2, 0.25) is 0 Å². The van der Waals surface area contributed by atoms with Crippen molar-refractivity contribution in [2.24, 2.45) is 0 Å². The highest BCUT2D eigenvalue weighted by molar-refractivity contribution is 6.44. The Labute approximate surface area is 164 Å². The number of nitrogens with one attached hydrogen (secondary N) is 1. The van der Waals surface area contributed by atoms with E-state index in [1.807, 2.05) is 0 Å². The molecule has 0 unspecified atom stereocenters. The third kappa shape index (κ3) is 3.28. The minimum atomic E-state index is -1.56. The van der Waals surface area contributed by atoms with Crippen LogP contribution in [0.1, 0.15) is 53.4 Å². The Morgan fingerprint density at radius 1 is 0.889 bits per heavy atom. The topological polar surface area (TPSA) is 133 Å². The number of benzene rings is 1. The van der Waals surface area contributed by atoms with Gasteiger partial charge in [-0.1, -0.05) is 0 Å². The predicted octanol–water partition coefficient (Wildman–Crippen LogP) is 3.73. The largest absolute Gasteiger partial charge is 0.478 e. The molecule has 0 saturated carbocycles. The summed E-state index contributed by atoms with van der Waals surface area (Å²) in [6, 6.07) is 0. The van der Waals surface area contributed by atoms with E-state index >= 15 is 0 Å². The molecule has 2 aromatic rings. The molecule has 144 valence electrons. The molecule has 0 aliphatic heterocycles. The number of aromatic nitrogens is 1. The summed E-state index contributed by atoms with van der Waals surface area (Å²) in [4.78, 5) is 37.1. The molecular formula is C18H18Cl2N2O5. The average Bonchev–Trinajstić information content (AvgIpc) is 2.51. The number of anilines is 1. The molecule has 5 N–H and O–H groups in total. The summed E-state index contributed by atoms with van der Waals surface area (Å²) >= 11 is 12.1. The molecule has 27 heavy (non-hydrogen) atoms. The maximum Gasteiger partial charge on any atom is 0.342 e. The van der Waals surface area contributed by atoms with Crippen LogP contribution < -0.4 is 11.3 Å². The Balaban J connectivity index is 3.19. The maximum atomic E-state index is 12.3. The van der Waals surface area contributed by atoms with Crippen molar-refractivity contribution in [1.29, 1.82) is 0 Å². The van der Waals surface area contributed by atoms with Crippen molar-refractivity contribution in [3.8, 4) is 11.1 Å². The third-order valence-electron chi connectivity index (χ3n) is 4.82. The van der Waals surface area contributed by atoms with E-state index in [1.165, 1.54) is 0 Å². The van der Waals surface area contributed by atoms with Gasteiger partial charge in [0.2, 0.25) is 0 Å². The molecule has 1 aromatic carbocycles. The maximum absolute atomic E-state index is 12.3. The zero-order valence-corrected chi connectivity index (χ0v) is 16.5. The molecule has 1 heterocycles. The monoisotopic (exact) mass is 412 g/mol. The number of carbonyl (C=O) groups is 2. The summed E-state index contributed by atoms with van der Waals surface area (Å²) in [6.07, 6.45) is 0. The van der Waals surface area contributed by atoms with E-state index in [0.29, 0.717) is 33.4 Å². The van der Waals surface area contributed by atoms with Crippen molar-refractivity contribution >= 4 is 41.0 Å². The van der Waals surface area contributed by atoms with E-state index in [2.05, 4.69) is 4.98 Å². The molecule has 0 radical (unpaired) electrons. The van der Waals surface area contributed by atoms with Gasteiger partial charge < -0.3 is 20.9 Å². The number of alkyl halides is 2. The van der Waals surface area contributed by atoms with Crippen LogP contribution >= 0.6 is 23.2 Å². The van der Waals surface area contributed by atoms with Gasteiger partial charge in [0, 0.05) is 5.56 Å². The van der Waals surface area contributed by atoms with Crippen LogP contribution in [0.15, 0.2) is 4.79 Å². The van der Waals surface area contributed by atoms with Crippen LogP contribution in [0.25, 0.3) is 11.1 Å². The smallest absolute Gasteiger partial charge is 0.342 e. The number of rotatable bonds is 4. The van der Waals surface area contributed by atoms with Crippen molar-refractivity contribution in [2.75, 3.05) is 5.73 Å². The van der Waals surface area contributed by atoms with Crippen molar-refractivity contribution in [1.82, 2.24) is 4.98 Å². The zero-order valence-electron chi connectivity index (χ0n) is 15.0. The Morgan fingerprint density at radius 2 is 1.33 bits per heavy atom. The fraction of sp³-hybridized carbons (Fsp3) is 0.278. The molecule has 9 heteroatoms. The number of hydrogen-bond donors (Lipinski definition) is 4. The van der Waals surface area contributed by atoms with Crippen molar-refractivity contribution in [3.05, 3.63) is 49.3 Å². The van der Waals surface area contributed by atoms with E-state index < -0.39 is 39.3 Å². The molecule has 7 nitrogen and oxygen atoms in total. The highest BCUT2D eigenvalue weighted by atomic mass is 35.5. The number of aromatic amines is 1. The Hall–Kier alpha value is -2.51. The molecule has 0 atom stereocenters. The van der Waals surface area contributed by atoms with Gasteiger partial charge in [-0.05, 0) is 61.1 Å². The minimum Gasteiger partial charge on any atom is -0.478 e. The van der Waals surface area contributed by atoms with Crippen molar-refractivity contribution in [2.45, 2.75) is 32.5 Å². The normalized spacial score (nSPS) is 11.1. The number of carboxylic acids is 2. The average molecular weight is 413 g/mol. The number of carboxylic acid groups (broad SMARTS) is 2. The molecule has 0 saturated heterocycles. The Bertz CT molecular complexity index is 1010. The highest BCUT2D eigenvalue weighted by Crippen LogP contribution is 2.42. The number of halogens is 2. The van der Waals surface area contributed by atoms with E-state index in [9.17, 15) is 24.6 Å². The van der Waals surface area contributed by atoms with Gasteiger partial charge in [0.25, 0.3) is 5.56 Å². The summed E-state index contributed by atoms with van der Waals surface area (Å²) in [5, 5.41) is 19.2. The lowest BCUT2D eigenvalue weighted by Crippen LogP contribution is -2.25. The Morgan fingerprint density at radius 3 is 1.70 bits per heavy atom. The number of pyridine rings is 1. The fourth-order valence-corrected chi connectivity index (χ4v) is 4.00. The van der Waals surface area contributed by atoms with Gasteiger partial charge in [-0.2, -0.15) is 0 Å². The molecule has 0 aliphatic rings. The molecule has 0 spiro atoms. The summed E-state index contributed by atoms with van der Waals surface area (Å²) in [5.74, 6) is -3.43. The van der Waals surface area contributed by atoms with Crippen LogP contribution in [-0.2, 0) is 0 Å². The van der Waals surface area contributed by atoms with E-state index in [0.717, 1.165) is 0 Å². The first-order valence-electron chi connectivity index (χ1n) is 7.82. The van der Waals surface area contributed by atoms with Crippen LogP contribution in [0.3, 0.4) is 0 Å². The molecule has 0 aliphatic carbocycles. The van der Waals surface area contributed by atoms with Gasteiger partial charge in [0.15, 0.2) is 0 Å². The first-order valence-corrected chi connectivity index (χ1v) is 8.70. The molecule has 1 aromatic heterocycles. The minimum absolute atomic E-state index is 0.232. The second-order valence-electron chi connectivity index (χ2n) is 6.19. The van der Waals surface area contributed by atoms with Crippen molar-refractivity contribution < 1.29 is 19.8 Å². The van der Waals surface area contributed by atoms with Gasteiger partial charge in [-0.15, -0.1) is 23.2 Å². The lowest BCUT2D eigenvalue weighted by molar-refractivity contribution is 0.0695. The van der Waals surface area contributed by atoms with E-state index in [4.69, 9.17) is 28.9 Å². The number of nitrogens with two attached hydrogens (primary N) is 1. The highest BCUT2D eigenvalue weighted by Gasteiger charge is 2.30. The predicted molar refractivity (Wildman–Crippen MR) is 104 cm³/mol. The van der Waals surface area contributed by atoms with Gasteiger partial charge in [-0.25, -0.2) is 9.59 Å². The van der Waals surface area contributed by atoms with Crippen LogP contribution in [0.5, 0.6) is 0 Å². The summed E-state index contributed by atoms with van der Waals surface area (Å²) in [7, 11) is 0. The molecule has 0 fully saturated rings. The first kappa shape index (κ1) is 20.8. The van der Waals surface area contributed by atoms with Crippen LogP contribution in [0, 0.1) is 27.7 Å². The summed E-state index contributed by atoms with van der Waals surface area (Å²) < 4.78 is 0. The number of nitrogen functional groups attached to an aromatic ring is 1. The molecule has 0 bridgehead atoms. The van der Waals surface area contributed by atoms with Gasteiger partial charge in [-0.3, -0.25) is 4.79 Å². The van der Waals surface area contributed by atoms with E-state index in [1.54, 1.807) is 27.7 Å². The number of hydrogen-bond acceptors (Lipinski definition) is 4. The van der Waals surface area contributed by atoms with Gasteiger partial charge in [0.1, 0.15) is 21.8 Å².